The van der Waals surface area contributed by atoms with E-state index in [2.05, 4.69) is 33.4 Å². The van der Waals surface area contributed by atoms with Crippen LogP contribution in [-0.2, 0) is 0 Å². The molecular formula is C10H18. The van der Waals surface area contributed by atoms with Crippen LogP contribution in [0.1, 0.15) is 33.6 Å². The van der Waals surface area contributed by atoms with E-state index >= 15 is 0 Å². The van der Waals surface area contributed by atoms with Gasteiger partial charge in [0.2, 0.25) is 0 Å². The molecule has 0 nitrogen and oxygen atoms in total. The van der Waals surface area contributed by atoms with Gasteiger partial charge in [0, 0.05) is 0 Å². The molecular weight excluding hydrogens is 120 g/mol. The van der Waals surface area contributed by atoms with Crippen molar-refractivity contribution in [2.24, 2.45) is 5.92 Å². The van der Waals surface area contributed by atoms with Gasteiger partial charge in [-0.15, -0.1) is 6.58 Å². The molecule has 0 spiro atoms. The minimum absolute atomic E-state index is 0.678. The zero-order valence-corrected chi connectivity index (χ0v) is 7.35. The molecule has 0 aromatic rings. The van der Waals surface area contributed by atoms with Crippen molar-refractivity contribution >= 4 is 0 Å². The molecule has 0 heterocycles. The van der Waals surface area contributed by atoms with Gasteiger partial charge >= 0.3 is 0 Å². The molecule has 1 unspecified atom stereocenters. The summed E-state index contributed by atoms with van der Waals surface area (Å²) in [5.74, 6) is 0.678. The number of hydrogen-bond donors (Lipinski definition) is 0. The van der Waals surface area contributed by atoms with E-state index < -0.39 is 0 Å². The fraction of sp³-hybridized carbons (Fsp3) is 0.600. The van der Waals surface area contributed by atoms with E-state index in [1.165, 1.54) is 5.57 Å². The Hall–Kier alpha value is -0.520. The molecule has 0 radical (unpaired) electrons. The fourth-order valence-electron chi connectivity index (χ4n) is 0.959. The molecule has 58 valence electrons. The van der Waals surface area contributed by atoms with Gasteiger partial charge in [0.1, 0.15) is 0 Å². The summed E-state index contributed by atoms with van der Waals surface area (Å²) in [5, 5.41) is 0. The summed E-state index contributed by atoms with van der Waals surface area (Å²) in [4.78, 5) is 0. The van der Waals surface area contributed by atoms with Crippen LogP contribution in [0.2, 0.25) is 0 Å². The van der Waals surface area contributed by atoms with Crippen molar-refractivity contribution < 1.29 is 0 Å². The van der Waals surface area contributed by atoms with Crippen molar-refractivity contribution in [3.8, 4) is 0 Å². The Morgan fingerprint density at radius 2 is 2.20 bits per heavy atom. The van der Waals surface area contributed by atoms with Crippen LogP contribution in [0, 0.1) is 5.92 Å². The minimum atomic E-state index is 0.678. The first kappa shape index (κ1) is 9.48. The molecule has 0 aromatic carbocycles. The number of rotatable bonds is 4. The van der Waals surface area contributed by atoms with Crippen molar-refractivity contribution in [2.75, 3.05) is 0 Å². The zero-order valence-electron chi connectivity index (χ0n) is 7.35. The molecule has 0 aliphatic carbocycles. The van der Waals surface area contributed by atoms with Crippen molar-refractivity contribution in [3.05, 3.63) is 24.3 Å². The lowest BCUT2D eigenvalue weighted by Gasteiger charge is -2.07. The van der Waals surface area contributed by atoms with Gasteiger partial charge in [0.25, 0.3) is 0 Å². The third-order valence-electron chi connectivity index (χ3n) is 1.82. The molecule has 0 amide bonds. The van der Waals surface area contributed by atoms with Crippen LogP contribution in [0.5, 0.6) is 0 Å². The molecule has 0 fully saturated rings. The summed E-state index contributed by atoms with van der Waals surface area (Å²) in [6.07, 6.45) is 6.52. The van der Waals surface area contributed by atoms with E-state index in [4.69, 9.17) is 0 Å². The van der Waals surface area contributed by atoms with Gasteiger partial charge in [-0.1, -0.05) is 31.6 Å². The summed E-state index contributed by atoms with van der Waals surface area (Å²) in [6, 6.07) is 0. The van der Waals surface area contributed by atoms with Crippen molar-refractivity contribution in [2.45, 2.75) is 33.6 Å². The van der Waals surface area contributed by atoms with Gasteiger partial charge in [0.05, 0.1) is 0 Å². The minimum Gasteiger partial charge on any atom is -0.103 e. The summed E-state index contributed by atoms with van der Waals surface area (Å²) in [7, 11) is 0. The topological polar surface area (TPSA) is 0 Å². The van der Waals surface area contributed by atoms with Crippen LogP contribution >= 0.6 is 0 Å². The van der Waals surface area contributed by atoms with Gasteiger partial charge in [-0.05, 0) is 25.7 Å². The summed E-state index contributed by atoms with van der Waals surface area (Å²) in [6.45, 7) is 10.3. The average Bonchev–Trinajstić information content (AvgIpc) is 1.89. The quantitative estimate of drug-likeness (QED) is 0.521. The highest BCUT2D eigenvalue weighted by Crippen LogP contribution is 2.14. The summed E-state index contributed by atoms with van der Waals surface area (Å²) < 4.78 is 0. The Kier molecular flexibility index (Phi) is 5.00. The predicted molar refractivity (Wildman–Crippen MR) is 48.0 cm³/mol. The van der Waals surface area contributed by atoms with Crippen LogP contribution in [-0.4, -0.2) is 0 Å². The Morgan fingerprint density at radius 3 is 2.60 bits per heavy atom. The molecule has 0 heteroatoms. The molecule has 0 aliphatic rings. The van der Waals surface area contributed by atoms with Crippen molar-refractivity contribution in [3.63, 3.8) is 0 Å². The first-order chi connectivity index (χ1) is 4.72. The first-order valence-electron chi connectivity index (χ1n) is 3.99. The van der Waals surface area contributed by atoms with Crippen LogP contribution < -0.4 is 0 Å². The van der Waals surface area contributed by atoms with Crippen LogP contribution in [0.3, 0.4) is 0 Å². The maximum atomic E-state index is 3.72. The van der Waals surface area contributed by atoms with Gasteiger partial charge in [-0.3, -0.25) is 0 Å². The van der Waals surface area contributed by atoms with E-state index in [1.54, 1.807) is 0 Å². The predicted octanol–water partition coefficient (Wildman–Crippen LogP) is 3.55. The average molecular weight is 138 g/mol. The van der Waals surface area contributed by atoms with E-state index in [-0.39, 0.29) is 0 Å². The SMILES string of the molecule is C=CCC(C)/C(C)=C/CC. The third kappa shape index (κ3) is 3.49. The molecule has 1 atom stereocenters. The lowest BCUT2D eigenvalue weighted by Crippen LogP contribution is -1.93. The summed E-state index contributed by atoms with van der Waals surface area (Å²) in [5.41, 5.74) is 1.49. The Morgan fingerprint density at radius 1 is 1.60 bits per heavy atom. The van der Waals surface area contributed by atoms with Gasteiger partial charge in [-0.2, -0.15) is 0 Å². The molecule has 0 aliphatic heterocycles. The highest BCUT2D eigenvalue weighted by molar-refractivity contribution is 5.03. The highest BCUT2D eigenvalue weighted by Gasteiger charge is 1.99. The zero-order chi connectivity index (χ0) is 7.98. The maximum absolute atomic E-state index is 3.72. The van der Waals surface area contributed by atoms with Crippen LogP contribution in [0.15, 0.2) is 24.3 Å². The Balaban J connectivity index is 3.79. The molecule has 0 aromatic heterocycles. The van der Waals surface area contributed by atoms with E-state index in [9.17, 15) is 0 Å². The van der Waals surface area contributed by atoms with Crippen LogP contribution in [0.4, 0.5) is 0 Å². The first-order valence-corrected chi connectivity index (χ1v) is 3.99. The molecule has 0 bridgehead atoms. The molecule has 0 rings (SSSR count). The van der Waals surface area contributed by atoms with Crippen molar-refractivity contribution in [1.29, 1.82) is 0 Å². The van der Waals surface area contributed by atoms with E-state index in [1.807, 2.05) is 6.08 Å². The van der Waals surface area contributed by atoms with Gasteiger partial charge in [-0.25, -0.2) is 0 Å². The maximum Gasteiger partial charge on any atom is -0.0200 e. The summed E-state index contributed by atoms with van der Waals surface area (Å²) >= 11 is 0. The Labute approximate surface area is 64.6 Å². The second-order valence-electron chi connectivity index (χ2n) is 2.78. The fourth-order valence-corrected chi connectivity index (χ4v) is 0.959. The number of hydrogen-bond acceptors (Lipinski definition) is 0. The highest BCUT2D eigenvalue weighted by atomic mass is 14.0. The van der Waals surface area contributed by atoms with E-state index in [0.717, 1.165) is 12.8 Å². The van der Waals surface area contributed by atoms with Gasteiger partial charge < -0.3 is 0 Å². The normalized spacial score (nSPS) is 14.9. The molecule has 0 saturated heterocycles. The Bertz CT molecular complexity index is 120. The lowest BCUT2D eigenvalue weighted by molar-refractivity contribution is 0.691. The van der Waals surface area contributed by atoms with Crippen molar-refractivity contribution in [1.82, 2.24) is 0 Å². The third-order valence-corrected chi connectivity index (χ3v) is 1.82. The standard InChI is InChI=1S/C10H18/c1-5-7-9(3)10(4)8-6-2/h5,8-9H,1,6-7H2,2-4H3/b10-8+. The second kappa shape index (κ2) is 5.28. The monoisotopic (exact) mass is 138 g/mol. The van der Waals surface area contributed by atoms with Crippen LogP contribution in [0.25, 0.3) is 0 Å². The van der Waals surface area contributed by atoms with Gasteiger partial charge in [0.15, 0.2) is 0 Å². The lowest BCUT2D eigenvalue weighted by atomic mass is 9.98. The molecule has 0 saturated carbocycles. The number of allylic oxidation sites excluding steroid dienone is 3. The molecule has 0 N–H and O–H groups in total. The molecule has 10 heavy (non-hydrogen) atoms. The largest absolute Gasteiger partial charge is 0.103 e. The van der Waals surface area contributed by atoms with E-state index in [0.29, 0.717) is 5.92 Å². The smallest absolute Gasteiger partial charge is 0.0200 e. The second-order valence-corrected chi connectivity index (χ2v) is 2.78.